The quantitative estimate of drug-likeness (QED) is 0.530. The van der Waals surface area contributed by atoms with E-state index in [2.05, 4.69) is 12.2 Å². The molecule has 1 heterocycles. The third-order valence-electron chi connectivity index (χ3n) is 5.45. The van der Waals surface area contributed by atoms with Gasteiger partial charge in [-0.1, -0.05) is 61.5 Å². The molecule has 3 aromatic rings. The molecule has 166 valence electrons. The lowest BCUT2D eigenvalue weighted by Crippen LogP contribution is -2.43. The van der Waals surface area contributed by atoms with Crippen LogP contribution in [-0.2, 0) is 32.6 Å². The van der Waals surface area contributed by atoms with Crippen LogP contribution in [0.15, 0.2) is 77.7 Å². The molecular formula is C25H26N2O4S. The number of carbonyl (C=O) groups is 1. The fraction of sp³-hybridized carbons (Fsp3) is 0.240. The zero-order valence-electron chi connectivity index (χ0n) is 18.0. The number of carbonyl (C=O) groups excluding carboxylic acids is 1. The van der Waals surface area contributed by atoms with Gasteiger partial charge >= 0.3 is 0 Å². The average Bonchev–Trinajstić information content (AvgIpc) is 2.82. The second kappa shape index (κ2) is 9.54. The summed E-state index contributed by atoms with van der Waals surface area (Å²) in [5, 5.41) is 2.76. The molecule has 7 heteroatoms. The zero-order valence-corrected chi connectivity index (χ0v) is 18.8. The standard InChI is InChI=1S/C25H26N2O4S/c1-2-19-12-13-23-22(16-19)21-10-6-7-11-24(21)32(29,30)27(23)17-25(28)26-14-15-31-18-20-8-4-3-5-9-20/h3-13,16H,2,14-15,17-18H2,1H3,(H,26,28). The summed E-state index contributed by atoms with van der Waals surface area (Å²) in [6.07, 6.45) is 0.839. The Labute approximate surface area is 188 Å². The molecule has 32 heavy (non-hydrogen) atoms. The number of amides is 1. The predicted molar refractivity (Wildman–Crippen MR) is 125 cm³/mol. The number of sulfonamides is 1. The number of anilines is 1. The summed E-state index contributed by atoms with van der Waals surface area (Å²) in [5.74, 6) is -0.373. The van der Waals surface area contributed by atoms with Crippen molar-refractivity contribution in [3.8, 4) is 11.1 Å². The topological polar surface area (TPSA) is 75.7 Å². The first-order valence-electron chi connectivity index (χ1n) is 10.6. The third-order valence-corrected chi connectivity index (χ3v) is 7.27. The molecule has 0 saturated carbocycles. The van der Waals surface area contributed by atoms with Crippen molar-refractivity contribution in [1.29, 1.82) is 0 Å². The first-order chi connectivity index (χ1) is 15.5. The number of hydrogen-bond acceptors (Lipinski definition) is 4. The van der Waals surface area contributed by atoms with Crippen LogP contribution in [-0.4, -0.2) is 34.0 Å². The minimum atomic E-state index is -3.84. The second-order valence-electron chi connectivity index (χ2n) is 7.60. The molecule has 0 aliphatic carbocycles. The molecule has 1 aliphatic rings. The van der Waals surface area contributed by atoms with E-state index in [1.54, 1.807) is 18.2 Å². The van der Waals surface area contributed by atoms with Crippen LogP contribution in [0.25, 0.3) is 11.1 Å². The van der Waals surface area contributed by atoms with Crippen LogP contribution >= 0.6 is 0 Å². The van der Waals surface area contributed by atoms with Crippen molar-refractivity contribution in [3.05, 3.63) is 83.9 Å². The van der Waals surface area contributed by atoms with Gasteiger partial charge in [0.2, 0.25) is 5.91 Å². The lowest BCUT2D eigenvalue weighted by molar-refractivity contribution is -0.119. The van der Waals surface area contributed by atoms with Crippen molar-refractivity contribution in [2.45, 2.75) is 24.8 Å². The second-order valence-corrected chi connectivity index (χ2v) is 9.43. The van der Waals surface area contributed by atoms with Crippen molar-refractivity contribution in [3.63, 3.8) is 0 Å². The lowest BCUT2D eigenvalue weighted by Gasteiger charge is -2.32. The first-order valence-corrected chi connectivity index (χ1v) is 12.1. The van der Waals surface area contributed by atoms with Crippen LogP contribution in [0, 0.1) is 0 Å². The highest BCUT2D eigenvalue weighted by Gasteiger charge is 2.35. The van der Waals surface area contributed by atoms with E-state index in [1.807, 2.05) is 54.6 Å². The molecule has 0 saturated heterocycles. The molecule has 0 radical (unpaired) electrons. The van der Waals surface area contributed by atoms with Crippen molar-refractivity contribution in [2.75, 3.05) is 24.0 Å². The molecule has 0 unspecified atom stereocenters. The van der Waals surface area contributed by atoms with E-state index in [4.69, 9.17) is 4.74 Å². The number of benzene rings is 3. The number of nitrogens with one attached hydrogen (secondary N) is 1. The van der Waals surface area contributed by atoms with Crippen LogP contribution in [0.1, 0.15) is 18.1 Å². The minimum absolute atomic E-state index is 0.222. The van der Waals surface area contributed by atoms with Gasteiger partial charge in [0.1, 0.15) is 6.54 Å². The van der Waals surface area contributed by atoms with Crippen LogP contribution in [0.2, 0.25) is 0 Å². The number of hydrogen-bond donors (Lipinski definition) is 1. The summed E-state index contributed by atoms with van der Waals surface area (Å²) in [7, 11) is -3.84. The third kappa shape index (κ3) is 4.54. The molecular weight excluding hydrogens is 424 g/mol. The van der Waals surface area contributed by atoms with E-state index in [-0.39, 0.29) is 17.3 Å². The molecule has 1 amide bonds. The molecule has 4 rings (SSSR count). The number of nitrogens with zero attached hydrogens (tertiary/aromatic N) is 1. The Morgan fingerprint density at radius 3 is 2.47 bits per heavy atom. The van der Waals surface area contributed by atoms with Crippen LogP contribution in [0.4, 0.5) is 5.69 Å². The van der Waals surface area contributed by atoms with Gasteiger partial charge in [-0.05, 0) is 35.7 Å². The molecule has 0 atom stereocenters. The van der Waals surface area contributed by atoms with Gasteiger partial charge in [0.25, 0.3) is 10.0 Å². The van der Waals surface area contributed by atoms with E-state index in [0.29, 0.717) is 31.0 Å². The fourth-order valence-corrected chi connectivity index (χ4v) is 5.43. The summed E-state index contributed by atoms with van der Waals surface area (Å²) < 4.78 is 33.4. The molecule has 0 fully saturated rings. The normalized spacial score (nSPS) is 13.8. The maximum Gasteiger partial charge on any atom is 0.265 e. The van der Waals surface area contributed by atoms with Crippen LogP contribution in [0.5, 0.6) is 0 Å². The summed E-state index contributed by atoms with van der Waals surface area (Å²) in [5.41, 5.74) is 4.19. The molecule has 6 nitrogen and oxygen atoms in total. The number of aryl methyl sites for hydroxylation is 1. The zero-order chi connectivity index (χ0) is 22.6. The maximum absolute atomic E-state index is 13.3. The lowest BCUT2D eigenvalue weighted by atomic mass is 9.99. The minimum Gasteiger partial charge on any atom is -0.375 e. The van der Waals surface area contributed by atoms with Gasteiger partial charge in [-0.15, -0.1) is 0 Å². The average molecular weight is 451 g/mol. The van der Waals surface area contributed by atoms with Crippen LogP contribution in [0.3, 0.4) is 0 Å². The van der Waals surface area contributed by atoms with Gasteiger partial charge in [-0.3, -0.25) is 9.10 Å². The van der Waals surface area contributed by atoms with E-state index < -0.39 is 10.0 Å². The van der Waals surface area contributed by atoms with Gasteiger partial charge < -0.3 is 10.1 Å². The first kappa shape index (κ1) is 22.0. The van der Waals surface area contributed by atoms with Crippen molar-refractivity contribution >= 4 is 21.6 Å². The van der Waals surface area contributed by atoms with E-state index in [1.165, 1.54) is 4.31 Å². The Balaban J connectivity index is 1.45. The molecule has 0 bridgehead atoms. The van der Waals surface area contributed by atoms with Gasteiger partial charge in [0.05, 0.1) is 23.8 Å². The number of fused-ring (bicyclic) bond motifs is 3. The largest absolute Gasteiger partial charge is 0.375 e. The van der Waals surface area contributed by atoms with Gasteiger partial charge in [0.15, 0.2) is 0 Å². The molecule has 0 spiro atoms. The molecule has 3 aromatic carbocycles. The Morgan fingerprint density at radius 1 is 0.938 bits per heavy atom. The highest BCUT2D eigenvalue weighted by molar-refractivity contribution is 7.93. The fourth-order valence-electron chi connectivity index (χ4n) is 3.78. The van der Waals surface area contributed by atoms with Gasteiger partial charge in [-0.25, -0.2) is 8.42 Å². The van der Waals surface area contributed by atoms with Crippen LogP contribution < -0.4 is 9.62 Å². The van der Waals surface area contributed by atoms with E-state index in [9.17, 15) is 13.2 Å². The summed E-state index contributed by atoms with van der Waals surface area (Å²) in [4.78, 5) is 12.8. The molecule has 1 N–H and O–H groups in total. The van der Waals surface area contributed by atoms with Crippen molar-refractivity contribution in [1.82, 2.24) is 5.32 Å². The highest BCUT2D eigenvalue weighted by Crippen LogP contribution is 2.43. The number of ether oxygens (including phenoxy) is 1. The van der Waals surface area contributed by atoms with E-state index in [0.717, 1.165) is 23.1 Å². The molecule has 1 aliphatic heterocycles. The monoisotopic (exact) mass is 450 g/mol. The molecule has 0 aromatic heterocycles. The van der Waals surface area contributed by atoms with Gasteiger partial charge in [0, 0.05) is 17.7 Å². The SMILES string of the molecule is CCc1ccc2c(c1)-c1ccccc1S(=O)(=O)N2CC(=O)NCCOCc1ccccc1. The predicted octanol–water partition coefficient (Wildman–Crippen LogP) is 3.76. The smallest absolute Gasteiger partial charge is 0.265 e. The summed E-state index contributed by atoms with van der Waals surface area (Å²) >= 11 is 0. The summed E-state index contributed by atoms with van der Waals surface area (Å²) in [6.45, 7) is 2.87. The van der Waals surface area contributed by atoms with Gasteiger partial charge in [-0.2, -0.15) is 0 Å². The Bertz CT molecular complexity index is 1210. The van der Waals surface area contributed by atoms with Crippen molar-refractivity contribution in [2.24, 2.45) is 0 Å². The highest BCUT2D eigenvalue weighted by atomic mass is 32.2. The number of rotatable bonds is 8. The van der Waals surface area contributed by atoms with E-state index >= 15 is 0 Å². The Hall–Kier alpha value is -3.16. The maximum atomic E-state index is 13.3. The summed E-state index contributed by atoms with van der Waals surface area (Å²) in [6, 6.07) is 22.4. The Kier molecular flexibility index (Phi) is 6.58. The van der Waals surface area contributed by atoms with Crippen molar-refractivity contribution < 1.29 is 17.9 Å². The Morgan fingerprint density at radius 2 is 1.69 bits per heavy atom.